The molecule has 0 saturated carbocycles. The monoisotopic (exact) mass is 418 g/mol. The van der Waals surface area contributed by atoms with Gasteiger partial charge in [-0.1, -0.05) is 29.8 Å². The minimum Gasteiger partial charge on any atom is -0.497 e. The molecule has 1 fully saturated rings. The van der Waals surface area contributed by atoms with E-state index >= 15 is 0 Å². The Bertz CT molecular complexity index is 1150. The summed E-state index contributed by atoms with van der Waals surface area (Å²) in [6.07, 6.45) is 1.79. The molecule has 4 rings (SSSR count). The lowest BCUT2D eigenvalue weighted by atomic mass is 10.1. The van der Waals surface area contributed by atoms with Gasteiger partial charge in [0.1, 0.15) is 5.75 Å². The number of aromatic nitrogens is 1. The molecule has 0 atom stereocenters. The van der Waals surface area contributed by atoms with Crippen molar-refractivity contribution in [3.63, 3.8) is 0 Å². The number of aryl methyl sites for hydroxylation is 2. The number of hydrogen-bond acceptors (Lipinski definition) is 4. The number of hydrogen-bond donors (Lipinski definition) is 0. The topological polar surface area (TPSA) is 51.5 Å². The summed E-state index contributed by atoms with van der Waals surface area (Å²) in [4.78, 5) is 27.2. The van der Waals surface area contributed by atoms with Crippen LogP contribution in [0, 0.1) is 13.8 Å². The van der Waals surface area contributed by atoms with E-state index in [9.17, 15) is 9.59 Å². The van der Waals surface area contributed by atoms with Gasteiger partial charge in [-0.05, 0) is 73.6 Å². The number of amides is 2. The van der Waals surface area contributed by atoms with Crippen molar-refractivity contribution in [2.75, 3.05) is 7.11 Å². The highest BCUT2D eigenvalue weighted by Gasteiger charge is 2.35. The van der Waals surface area contributed by atoms with E-state index in [1.807, 2.05) is 79.1 Å². The molecular weight excluding hydrogens is 396 g/mol. The summed E-state index contributed by atoms with van der Waals surface area (Å²) in [7, 11) is 1.63. The smallest absolute Gasteiger partial charge is 0.293 e. The van der Waals surface area contributed by atoms with Crippen molar-refractivity contribution in [2.45, 2.75) is 20.4 Å². The van der Waals surface area contributed by atoms with Gasteiger partial charge in [0.2, 0.25) is 0 Å². The lowest BCUT2D eigenvalue weighted by Gasteiger charge is -2.13. The molecule has 0 spiro atoms. The first-order valence-electron chi connectivity index (χ1n) is 9.60. The Labute approximate surface area is 180 Å². The molecule has 152 valence electrons. The normalized spacial score (nSPS) is 15.3. The Balaban J connectivity index is 1.62. The van der Waals surface area contributed by atoms with Crippen molar-refractivity contribution >= 4 is 29.0 Å². The minimum absolute atomic E-state index is 0.243. The number of thioether (sulfide) groups is 1. The van der Waals surface area contributed by atoms with Crippen LogP contribution in [0.2, 0.25) is 0 Å². The van der Waals surface area contributed by atoms with Crippen LogP contribution in [0.5, 0.6) is 5.75 Å². The Kier molecular flexibility index (Phi) is 5.50. The van der Waals surface area contributed by atoms with Crippen LogP contribution >= 0.6 is 11.8 Å². The van der Waals surface area contributed by atoms with Gasteiger partial charge in [0.25, 0.3) is 11.1 Å². The Morgan fingerprint density at radius 3 is 2.47 bits per heavy atom. The van der Waals surface area contributed by atoms with Crippen molar-refractivity contribution in [1.29, 1.82) is 0 Å². The van der Waals surface area contributed by atoms with Crippen molar-refractivity contribution in [1.82, 2.24) is 9.47 Å². The summed E-state index contributed by atoms with van der Waals surface area (Å²) < 4.78 is 7.29. The van der Waals surface area contributed by atoms with Crippen LogP contribution in [-0.4, -0.2) is 27.7 Å². The number of rotatable bonds is 5. The summed E-state index contributed by atoms with van der Waals surface area (Å²) in [5.41, 5.74) is 4.88. The van der Waals surface area contributed by atoms with Crippen LogP contribution in [0.3, 0.4) is 0 Å². The van der Waals surface area contributed by atoms with Gasteiger partial charge in [0, 0.05) is 17.1 Å². The maximum absolute atomic E-state index is 12.9. The molecule has 0 N–H and O–H groups in total. The SMILES string of the molecule is COc1ccc(-n2c(C)ccc2/C=C2\SC(=O)N(Cc3cccc(C)c3)C2=O)cc1. The van der Waals surface area contributed by atoms with Gasteiger partial charge < -0.3 is 9.30 Å². The Morgan fingerprint density at radius 1 is 1.00 bits per heavy atom. The fourth-order valence-electron chi connectivity index (χ4n) is 3.52. The first-order chi connectivity index (χ1) is 14.5. The van der Waals surface area contributed by atoms with Crippen LogP contribution in [0.15, 0.2) is 65.6 Å². The molecule has 3 aromatic rings. The van der Waals surface area contributed by atoms with Crippen molar-refractivity contribution < 1.29 is 14.3 Å². The molecule has 0 aliphatic carbocycles. The van der Waals surface area contributed by atoms with E-state index in [1.54, 1.807) is 13.2 Å². The molecule has 1 aromatic heterocycles. The number of carbonyl (C=O) groups is 2. The van der Waals surface area contributed by atoms with Gasteiger partial charge in [-0.2, -0.15) is 0 Å². The summed E-state index contributed by atoms with van der Waals surface area (Å²) >= 11 is 0.985. The molecule has 0 bridgehead atoms. The zero-order valence-electron chi connectivity index (χ0n) is 17.1. The molecule has 30 heavy (non-hydrogen) atoms. The highest BCUT2D eigenvalue weighted by Crippen LogP contribution is 2.34. The highest BCUT2D eigenvalue weighted by atomic mass is 32.2. The number of imide groups is 1. The second kappa shape index (κ2) is 8.24. The largest absolute Gasteiger partial charge is 0.497 e. The molecule has 1 aliphatic heterocycles. The third kappa shape index (κ3) is 3.91. The molecule has 2 amide bonds. The predicted octanol–water partition coefficient (Wildman–Crippen LogP) is 5.34. The van der Waals surface area contributed by atoms with Gasteiger partial charge in [-0.3, -0.25) is 14.5 Å². The van der Waals surface area contributed by atoms with E-state index < -0.39 is 0 Å². The zero-order valence-corrected chi connectivity index (χ0v) is 17.9. The average Bonchev–Trinajstić information content (AvgIpc) is 3.22. The Morgan fingerprint density at radius 2 is 1.77 bits per heavy atom. The standard InChI is InChI=1S/C24H22N2O3S/c1-16-5-4-6-18(13-16)15-25-23(27)22(30-24(25)28)14-20-8-7-17(2)26(20)19-9-11-21(29-3)12-10-19/h4-14H,15H2,1-3H3/b22-14-. The van der Waals surface area contributed by atoms with Crippen LogP contribution in [0.25, 0.3) is 11.8 Å². The van der Waals surface area contributed by atoms with Gasteiger partial charge in [0.15, 0.2) is 0 Å². The second-order valence-corrected chi connectivity index (χ2v) is 8.18. The predicted molar refractivity (Wildman–Crippen MR) is 120 cm³/mol. The molecule has 1 aliphatic rings. The summed E-state index contributed by atoms with van der Waals surface area (Å²) in [5.74, 6) is 0.522. The van der Waals surface area contributed by atoms with Crippen molar-refractivity contribution in [2.24, 2.45) is 0 Å². The molecule has 0 radical (unpaired) electrons. The van der Waals surface area contributed by atoms with Gasteiger partial charge in [0.05, 0.1) is 18.6 Å². The number of carbonyl (C=O) groups excluding carboxylic acids is 2. The summed E-state index contributed by atoms with van der Waals surface area (Å²) in [5, 5.41) is -0.243. The zero-order chi connectivity index (χ0) is 21.3. The summed E-state index contributed by atoms with van der Waals surface area (Å²) in [6.45, 7) is 4.28. The fraction of sp³-hybridized carbons (Fsp3) is 0.167. The number of methoxy groups -OCH3 is 1. The average molecular weight is 419 g/mol. The third-order valence-electron chi connectivity index (χ3n) is 5.01. The van der Waals surface area contributed by atoms with Gasteiger partial charge in [-0.25, -0.2) is 0 Å². The van der Waals surface area contributed by atoms with Crippen LogP contribution in [-0.2, 0) is 11.3 Å². The van der Waals surface area contributed by atoms with E-state index in [4.69, 9.17) is 4.74 Å². The second-order valence-electron chi connectivity index (χ2n) is 7.19. The lowest BCUT2D eigenvalue weighted by molar-refractivity contribution is -0.123. The first-order valence-corrected chi connectivity index (χ1v) is 10.4. The molecule has 5 nitrogen and oxygen atoms in total. The van der Waals surface area contributed by atoms with E-state index in [0.29, 0.717) is 4.91 Å². The first kappa shape index (κ1) is 20.0. The van der Waals surface area contributed by atoms with Crippen molar-refractivity contribution in [3.05, 3.63) is 88.1 Å². The van der Waals surface area contributed by atoms with Crippen molar-refractivity contribution in [3.8, 4) is 11.4 Å². The molecule has 2 heterocycles. The minimum atomic E-state index is -0.258. The third-order valence-corrected chi connectivity index (χ3v) is 5.92. The maximum Gasteiger partial charge on any atom is 0.293 e. The number of nitrogens with zero attached hydrogens (tertiary/aromatic N) is 2. The van der Waals surface area contributed by atoms with Crippen LogP contribution in [0.4, 0.5) is 4.79 Å². The maximum atomic E-state index is 12.9. The lowest BCUT2D eigenvalue weighted by Crippen LogP contribution is -2.27. The van der Waals surface area contributed by atoms with Gasteiger partial charge in [-0.15, -0.1) is 0 Å². The molecular formula is C24H22N2O3S. The quantitative estimate of drug-likeness (QED) is 0.525. The van der Waals surface area contributed by atoms with Crippen LogP contribution < -0.4 is 4.74 Å². The Hall–Kier alpha value is -3.25. The molecule has 1 saturated heterocycles. The van der Waals surface area contributed by atoms with Gasteiger partial charge >= 0.3 is 0 Å². The summed E-state index contributed by atoms with van der Waals surface area (Å²) in [6, 6.07) is 19.5. The molecule has 6 heteroatoms. The molecule has 0 unspecified atom stereocenters. The highest BCUT2D eigenvalue weighted by molar-refractivity contribution is 8.18. The van der Waals surface area contributed by atoms with E-state index in [1.165, 1.54) is 4.90 Å². The van der Waals surface area contributed by atoms with E-state index in [2.05, 4.69) is 0 Å². The fourth-order valence-corrected chi connectivity index (χ4v) is 4.34. The van der Waals surface area contributed by atoms with Crippen LogP contribution in [0.1, 0.15) is 22.5 Å². The number of ether oxygens (including phenoxy) is 1. The number of benzene rings is 2. The van der Waals surface area contributed by atoms with E-state index in [-0.39, 0.29) is 17.7 Å². The van der Waals surface area contributed by atoms with E-state index in [0.717, 1.165) is 45.7 Å². The molecule has 2 aromatic carbocycles.